The number of nitrogen functional groups attached to an aromatic ring is 1. The summed E-state index contributed by atoms with van der Waals surface area (Å²) in [5, 5.41) is 0. The Morgan fingerprint density at radius 1 is 1.06 bits per heavy atom. The van der Waals surface area contributed by atoms with Gasteiger partial charge in [-0.25, -0.2) is 12.8 Å². The third-order valence-electron chi connectivity index (χ3n) is 2.57. The maximum Gasteiger partial charge on any atom is 0.176 e. The zero-order chi connectivity index (χ0) is 13.3. The van der Waals surface area contributed by atoms with E-state index in [-0.39, 0.29) is 10.5 Å². The molecular weight excluding hydrogens is 253 g/mol. The van der Waals surface area contributed by atoms with Crippen LogP contribution in [0, 0.1) is 5.82 Å². The van der Waals surface area contributed by atoms with Crippen molar-refractivity contribution >= 4 is 15.5 Å². The lowest BCUT2D eigenvalue weighted by Crippen LogP contribution is -2.00. The molecule has 0 amide bonds. The molecule has 0 saturated heterocycles. The molecule has 2 aromatic rings. The summed E-state index contributed by atoms with van der Waals surface area (Å²) in [5.41, 5.74) is 6.34. The molecule has 0 unspecified atom stereocenters. The first-order valence-corrected chi connectivity index (χ1v) is 7.13. The number of halogens is 1. The molecule has 0 atom stereocenters. The van der Waals surface area contributed by atoms with Crippen molar-refractivity contribution in [1.29, 1.82) is 0 Å². The van der Waals surface area contributed by atoms with Gasteiger partial charge in [0, 0.05) is 23.1 Å². The molecule has 0 aliphatic carbocycles. The van der Waals surface area contributed by atoms with E-state index in [9.17, 15) is 12.8 Å². The normalized spacial score (nSPS) is 11.4. The van der Waals surface area contributed by atoms with Gasteiger partial charge in [0.15, 0.2) is 9.84 Å². The highest BCUT2D eigenvalue weighted by atomic mass is 32.2. The Balaban J connectivity index is 2.72. The van der Waals surface area contributed by atoms with E-state index in [4.69, 9.17) is 5.73 Å². The van der Waals surface area contributed by atoms with Gasteiger partial charge in [0.25, 0.3) is 0 Å². The van der Waals surface area contributed by atoms with Gasteiger partial charge in [-0.1, -0.05) is 18.2 Å². The molecular formula is C13H12FNO2S. The first-order chi connectivity index (χ1) is 8.39. The van der Waals surface area contributed by atoms with Crippen LogP contribution in [0.3, 0.4) is 0 Å². The van der Waals surface area contributed by atoms with E-state index in [1.807, 2.05) is 0 Å². The topological polar surface area (TPSA) is 60.2 Å². The third-order valence-corrected chi connectivity index (χ3v) is 3.72. The van der Waals surface area contributed by atoms with E-state index in [0.717, 1.165) is 6.26 Å². The number of hydrogen-bond acceptors (Lipinski definition) is 3. The summed E-state index contributed by atoms with van der Waals surface area (Å²) in [6.45, 7) is 0. The monoisotopic (exact) mass is 265 g/mol. The molecule has 0 spiro atoms. The summed E-state index contributed by atoms with van der Waals surface area (Å²) in [5.74, 6) is -0.536. The Hall–Kier alpha value is -1.88. The SMILES string of the molecule is CS(=O)(=O)c1ccccc1-c1ccc(N)cc1F. The predicted molar refractivity (Wildman–Crippen MR) is 69.4 cm³/mol. The van der Waals surface area contributed by atoms with Gasteiger partial charge in [0.1, 0.15) is 5.82 Å². The molecule has 2 rings (SSSR count). The minimum absolute atomic E-state index is 0.105. The van der Waals surface area contributed by atoms with Gasteiger partial charge in [-0.2, -0.15) is 0 Å². The van der Waals surface area contributed by atoms with Gasteiger partial charge < -0.3 is 5.73 Å². The Labute approximate surface area is 105 Å². The molecule has 0 saturated carbocycles. The molecule has 0 aromatic heterocycles. The lowest BCUT2D eigenvalue weighted by molar-refractivity contribution is 0.602. The number of nitrogens with two attached hydrogens (primary N) is 1. The summed E-state index contributed by atoms with van der Waals surface area (Å²) >= 11 is 0. The highest BCUT2D eigenvalue weighted by Gasteiger charge is 2.16. The molecule has 3 nitrogen and oxygen atoms in total. The van der Waals surface area contributed by atoms with Crippen LogP contribution in [-0.2, 0) is 9.84 Å². The second kappa shape index (κ2) is 4.42. The van der Waals surface area contributed by atoms with Gasteiger partial charge in [0.05, 0.1) is 4.90 Å². The number of hydrogen-bond donors (Lipinski definition) is 1. The third kappa shape index (κ3) is 2.36. The summed E-state index contributed by atoms with van der Waals surface area (Å²) in [6.07, 6.45) is 1.10. The molecule has 0 aliphatic rings. The summed E-state index contributed by atoms with van der Waals surface area (Å²) in [7, 11) is -3.41. The maximum atomic E-state index is 13.8. The van der Waals surface area contributed by atoms with Crippen molar-refractivity contribution in [1.82, 2.24) is 0 Å². The van der Waals surface area contributed by atoms with E-state index < -0.39 is 15.7 Å². The van der Waals surface area contributed by atoms with Crippen molar-refractivity contribution in [3.8, 4) is 11.1 Å². The van der Waals surface area contributed by atoms with Crippen molar-refractivity contribution < 1.29 is 12.8 Å². The quantitative estimate of drug-likeness (QED) is 0.849. The highest BCUT2D eigenvalue weighted by molar-refractivity contribution is 7.90. The van der Waals surface area contributed by atoms with Crippen molar-refractivity contribution in [3.05, 3.63) is 48.3 Å². The van der Waals surface area contributed by atoms with E-state index in [2.05, 4.69) is 0 Å². The van der Waals surface area contributed by atoms with Crippen LogP contribution in [0.5, 0.6) is 0 Å². The first-order valence-electron chi connectivity index (χ1n) is 5.24. The van der Waals surface area contributed by atoms with Gasteiger partial charge in [0.2, 0.25) is 0 Å². The Kier molecular flexibility index (Phi) is 3.09. The smallest absolute Gasteiger partial charge is 0.176 e. The molecule has 0 radical (unpaired) electrons. The van der Waals surface area contributed by atoms with Gasteiger partial charge in [-0.15, -0.1) is 0 Å². The van der Waals surface area contributed by atoms with Crippen LogP contribution in [-0.4, -0.2) is 14.7 Å². The molecule has 18 heavy (non-hydrogen) atoms. The van der Waals surface area contributed by atoms with Crippen LogP contribution in [0.2, 0.25) is 0 Å². The highest BCUT2D eigenvalue weighted by Crippen LogP contribution is 2.30. The molecule has 94 valence electrons. The van der Waals surface area contributed by atoms with Gasteiger partial charge >= 0.3 is 0 Å². The minimum Gasteiger partial charge on any atom is -0.399 e. The lowest BCUT2D eigenvalue weighted by atomic mass is 10.0. The zero-order valence-corrected chi connectivity index (χ0v) is 10.5. The van der Waals surface area contributed by atoms with Crippen LogP contribution < -0.4 is 5.73 Å². The van der Waals surface area contributed by atoms with Crippen LogP contribution in [0.1, 0.15) is 0 Å². The predicted octanol–water partition coefficient (Wildman–Crippen LogP) is 2.48. The number of anilines is 1. The van der Waals surface area contributed by atoms with Crippen molar-refractivity contribution in [2.24, 2.45) is 0 Å². The Bertz CT molecular complexity index is 696. The summed E-state index contributed by atoms with van der Waals surface area (Å²) < 4.78 is 37.1. The van der Waals surface area contributed by atoms with E-state index in [1.165, 1.54) is 24.3 Å². The molecule has 5 heteroatoms. The zero-order valence-electron chi connectivity index (χ0n) is 9.72. The molecule has 0 fully saturated rings. The number of sulfone groups is 1. The largest absolute Gasteiger partial charge is 0.399 e. The van der Waals surface area contributed by atoms with E-state index in [0.29, 0.717) is 11.3 Å². The van der Waals surface area contributed by atoms with Gasteiger partial charge in [-0.3, -0.25) is 0 Å². The fraction of sp³-hybridized carbons (Fsp3) is 0.0769. The molecule has 2 N–H and O–H groups in total. The molecule has 0 aliphatic heterocycles. The number of rotatable bonds is 2. The van der Waals surface area contributed by atoms with Crippen molar-refractivity contribution in [3.63, 3.8) is 0 Å². The van der Waals surface area contributed by atoms with Crippen LogP contribution in [0.25, 0.3) is 11.1 Å². The Morgan fingerprint density at radius 3 is 2.33 bits per heavy atom. The second-order valence-electron chi connectivity index (χ2n) is 4.01. The minimum atomic E-state index is -3.41. The lowest BCUT2D eigenvalue weighted by Gasteiger charge is -2.09. The summed E-state index contributed by atoms with van der Waals surface area (Å²) in [6, 6.07) is 10.5. The fourth-order valence-electron chi connectivity index (χ4n) is 1.76. The standard InChI is InChI=1S/C13H12FNO2S/c1-18(16,17)13-5-3-2-4-11(13)10-7-6-9(15)8-12(10)14/h2-8H,15H2,1H3. The van der Waals surface area contributed by atoms with E-state index >= 15 is 0 Å². The maximum absolute atomic E-state index is 13.8. The van der Waals surface area contributed by atoms with Crippen molar-refractivity contribution in [2.75, 3.05) is 12.0 Å². The van der Waals surface area contributed by atoms with E-state index in [1.54, 1.807) is 18.2 Å². The molecule has 0 bridgehead atoms. The number of benzene rings is 2. The molecule has 2 aromatic carbocycles. The fourth-order valence-corrected chi connectivity index (χ4v) is 2.67. The average Bonchev–Trinajstić information content (AvgIpc) is 2.28. The van der Waals surface area contributed by atoms with Crippen molar-refractivity contribution in [2.45, 2.75) is 4.90 Å². The second-order valence-corrected chi connectivity index (χ2v) is 5.99. The Morgan fingerprint density at radius 2 is 1.72 bits per heavy atom. The van der Waals surface area contributed by atoms with Gasteiger partial charge in [-0.05, 0) is 24.3 Å². The molecule has 0 heterocycles. The summed E-state index contributed by atoms with van der Waals surface area (Å²) in [4.78, 5) is 0.105. The van der Waals surface area contributed by atoms with Crippen LogP contribution in [0.4, 0.5) is 10.1 Å². The average molecular weight is 265 g/mol. The first kappa shape index (κ1) is 12.6. The van der Waals surface area contributed by atoms with Crippen LogP contribution in [0.15, 0.2) is 47.4 Å². The van der Waals surface area contributed by atoms with Crippen LogP contribution >= 0.6 is 0 Å².